The molecule has 0 fully saturated rings. The molecule has 1 heterocycles. The molecule has 7 nitrogen and oxygen atoms in total. The summed E-state index contributed by atoms with van der Waals surface area (Å²) in [6, 6.07) is -0.402. The number of nitrogens with zero attached hydrogens (tertiary/aromatic N) is 2. The molecule has 20 heavy (non-hydrogen) atoms. The lowest BCUT2D eigenvalue weighted by molar-refractivity contribution is -0.140. The van der Waals surface area contributed by atoms with Gasteiger partial charge < -0.3 is 9.47 Å². The van der Waals surface area contributed by atoms with Crippen molar-refractivity contribution in [1.29, 1.82) is 0 Å². The summed E-state index contributed by atoms with van der Waals surface area (Å²) < 4.78 is 9.74. The van der Waals surface area contributed by atoms with Crippen molar-refractivity contribution in [2.75, 3.05) is 13.2 Å². The summed E-state index contributed by atoms with van der Waals surface area (Å²) in [6.07, 6.45) is 2.65. The van der Waals surface area contributed by atoms with Crippen LogP contribution in [0, 0.1) is 0 Å². The fourth-order valence-electron chi connectivity index (χ4n) is 1.88. The van der Waals surface area contributed by atoms with Crippen LogP contribution >= 0.6 is 0 Å². The van der Waals surface area contributed by atoms with Crippen molar-refractivity contribution >= 4 is 18.1 Å². The molecule has 0 radical (unpaired) electrons. The Kier molecular flexibility index (Phi) is 6.02. The second-order valence-electron chi connectivity index (χ2n) is 4.11. The van der Waals surface area contributed by atoms with E-state index in [4.69, 9.17) is 9.47 Å². The van der Waals surface area contributed by atoms with E-state index in [9.17, 15) is 14.4 Å². The van der Waals surface area contributed by atoms with Gasteiger partial charge in [0.25, 0.3) is 5.91 Å². The molecule has 1 aliphatic rings. The van der Waals surface area contributed by atoms with Crippen LogP contribution in [0.1, 0.15) is 33.6 Å². The molecular weight excluding hydrogens is 264 g/mol. The molecule has 7 heteroatoms. The van der Waals surface area contributed by atoms with Gasteiger partial charge in [-0.3, -0.25) is 4.79 Å². The molecule has 0 saturated heterocycles. The molecule has 0 aliphatic carbocycles. The molecule has 0 aromatic heterocycles. The highest BCUT2D eigenvalue weighted by Crippen LogP contribution is 2.20. The summed E-state index contributed by atoms with van der Waals surface area (Å²) in [4.78, 5) is 35.8. The summed E-state index contributed by atoms with van der Waals surface area (Å²) in [7, 11) is 0. The van der Waals surface area contributed by atoms with Crippen LogP contribution in [0.4, 0.5) is 9.59 Å². The van der Waals surface area contributed by atoms with Gasteiger partial charge in [-0.1, -0.05) is 19.4 Å². The smallest absolute Gasteiger partial charge is 0.436 e. The van der Waals surface area contributed by atoms with E-state index in [-0.39, 0.29) is 13.2 Å². The minimum absolute atomic E-state index is 0.113. The molecule has 112 valence electrons. The Morgan fingerprint density at radius 2 is 1.75 bits per heavy atom. The molecule has 1 rings (SSSR count). The number of carbonyl (C=O) groups excluding carboxylic acids is 3. The zero-order valence-corrected chi connectivity index (χ0v) is 12.0. The van der Waals surface area contributed by atoms with Gasteiger partial charge in [0.2, 0.25) is 0 Å². The third-order valence-electron chi connectivity index (χ3n) is 2.68. The Balaban J connectivity index is 3.07. The van der Waals surface area contributed by atoms with Crippen molar-refractivity contribution in [2.45, 2.75) is 39.7 Å². The highest BCUT2D eigenvalue weighted by molar-refractivity contribution is 6.00. The summed E-state index contributed by atoms with van der Waals surface area (Å²) in [5, 5.41) is 1.72. The third-order valence-corrected chi connectivity index (χ3v) is 2.68. The van der Waals surface area contributed by atoms with Crippen LogP contribution in [0.3, 0.4) is 0 Å². The lowest BCUT2D eigenvalue weighted by Gasteiger charge is -2.37. The van der Waals surface area contributed by atoms with Crippen molar-refractivity contribution in [3.63, 3.8) is 0 Å². The molecular formula is C13H20N2O5. The molecule has 0 N–H and O–H groups in total. The summed E-state index contributed by atoms with van der Waals surface area (Å²) in [6.45, 7) is 5.50. The number of rotatable bonds is 4. The summed E-state index contributed by atoms with van der Waals surface area (Å²) >= 11 is 0. The average Bonchev–Trinajstić information content (AvgIpc) is 2.41. The number of ether oxygens (including phenoxy) is 2. The minimum atomic E-state index is -0.879. The second-order valence-corrected chi connectivity index (χ2v) is 4.11. The van der Waals surface area contributed by atoms with Crippen LogP contribution in [0.15, 0.2) is 12.2 Å². The maximum atomic E-state index is 12.0. The lowest BCUT2D eigenvalue weighted by atomic mass is 10.1. The van der Waals surface area contributed by atoms with Gasteiger partial charge in [0.15, 0.2) is 0 Å². The van der Waals surface area contributed by atoms with E-state index < -0.39 is 24.1 Å². The van der Waals surface area contributed by atoms with E-state index in [1.54, 1.807) is 19.9 Å². The standard InChI is InChI=1S/C13H20N2O5/c1-4-7-10-8-9-11(16)15(13(18)20-6-3)14(10)12(17)19-5-2/h8-10H,4-7H2,1-3H3/t10-/m0/s1. The van der Waals surface area contributed by atoms with Gasteiger partial charge in [-0.15, -0.1) is 5.01 Å². The number of carbonyl (C=O) groups is 3. The lowest BCUT2D eigenvalue weighted by Crippen LogP contribution is -2.58. The largest absolute Gasteiger partial charge is 0.448 e. The first-order valence-electron chi connectivity index (χ1n) is 6.71. The Hall–Kier alpha value is -2.05. The predicted molar refractivity (Wildman–Crippen MR) is 70.6 cm³/mol. The topological polar surface area (TPSA) is 76.2 Å². The van der Waals surface area contributed by atoms with Crippen molar-refractivity contribution in [3.8, 4) is 0 Å². The molecule has 1 aliphatic heterocycles. The zero-order valence-electron chi connectivity index (χ0n) is 12.0. The molecule has 0 aromatic rings. The molecule has 0 bridgehead atoms. The molecule has 0 saturated carbocycles. The van der Waals surface area contributed by atoms with Gasteiger partial charge >= 0.3 is 12.2 Å². The molecule has 3 amide bonds. The van der Waals surface area contributed by atoms with Crippen molar-refractivity contribution in [3.05, 3.63) is 12.2 Å². The van der Waals surface area contributed by atoms with Crippen molar-refractivity contribution in [1.82, 2.24) is 10.0 Å². The highest BCUT2D eigenvalue weighted by atomic mass is 16.6. The zero-order chi connectivity index (χ0) is 15.1. The number of imide groups is 1. The first kappa shape index (κ1) is 16.0. The van der Waals surface area contributed by atoms with E-state index >= 15 is 0 Å². The fraction of sp³-hybridized carbons (Fsp3) is 0.615. The second kappa shape index (κ2) is 7.52. The van der Waals surface area contributed by atoms with Crippen LogP contribution < -0.4 is 0 Å². The maximum Gasteiger partial charge on any atom is 0.436 e. The predicted octanol–water partition coefficient (Wildman–Crippen LogP) is 2.08. The van der Waals surface area contributed by atoms with Crippen molar-refractivity contribution < 1.29 is 23.9 Å². The van der Waals surface area contributed by atoms with Gasteiger partial charge in [-0.05, 0) is 20.3 Å². The third kappa shape index (κ3) is 3.49. The van der Waals surface area contributed by atoms with Crippen LogP contribution in [-0.4, -0.2) is 47.4 Å². The average molecular weight is 284 g/mol. The van der Waals surface area contributed by atoms with Gasteiger partial charge in [0.1, 0.15) is 0 Å². The summed E-state index contributed by atoms with van der Waals surface area (Å²) in [5.74, 6) is -0.621. The monoisotopic (exact) mass is 284 g/mol. The molecule has 0 spiro atoms. The molecule has 0 aromatic carbocycles. The van der Waals surface area contributed by atoms with E-state index in [1.165, 1.54) is 6.08 Å². The number of hydrogen-bond acceptors (Lipinski definition) is 5. The molecule has 1 atom stereocenters. The van der Waals surface area contributed by atoms with E-state index in [1.807, 2.05) is 6.92 Å². The van der Waals surface area contributed by atoms with Crippen molar-refractivity contribution in [2.24, 2.45) is 0 Å². The number of hydrazine groups is 1. The van der Waals surface area contributed by atoms with Gasteiger partial charge in [0, 0.05) is 6.08 Å². The normalized spacial score (nSPS) is 18.1. The minimum Gasteiger partial charge on any atom is -0.448 e. The fourth-order valence-corrected chi connectivity index (χ4v) is 1.88. The number of amides is 3. The van der Waals surface area contributed by atoms with Crippen LogP contribution in [0.25, 0.3) is 0 Å². The maximum absolute atomic E-state index is 12.0. The van der Waals surface area contributed by atoms with Crippen LogP contribution in [0.2, 0.25) is 0 Å². The van der Waals surface area contributed by atoms with Crippen LogP contribution in [-0.2, 0) is 14.3 Å². The summed E-state index contributed by atoms with van der Waals surface area (Å²) in [5.41, 5.74) is 0. The first-order chi connectivity index (χ1) is 9.56. The Morgan fingerprint density at radius 3 is 2.30 bits per heavy atom. The van der Waals surface area contributed by atoms with Gasteiger partial charge in [0.05, 0.1) is 19.3 Å². The number of hydrogen-bond donors (Lipinski definition) is 0. The Bertz CT molecular complexity index is 408. The van der Waals surface area contributed by atoms with Crippen LogP contribution in [0.5, 0.6) is 0 Å². The Morgan fingerprint density at radius 1 is 1.15 bits per heavy atom. The Labute approximate surface area is 118 Å². The highest BCUT2D eigenvalue weighted by Gasteiger charge is 2.39. The first-order valence-corrected chi connectivity index (χ1v) is 6.71. The van der Waals surface area contributed by atoms with E-state index in [0.717, 1.165) is 11.4 Å². The van der Waals surface area contributed by atoms with E-state index in [2.05, 4.69) is 0 Å². The SMILES string of the molecule is CCC[C@H]1C=CC(=O)N(C(=O)OCC)N1C(=O)OCC. The van der Waals surface area contributed by atoms with E-state index in [0.29, 0.717) is 11.4 Å². The van der Waals surface area contributed by atoms with Gasteiger partial charge in [-0.2, -0.15) is 5.01 Å². The van der Waals surface area contributed by atoms with Gasteiger partial charge in [-0.25, -0.2) is 9.59 Å². The quantitative estimate of drug-likeness (QED) is 0.790. The molecule has 0 unspecified atom stereocenters.